The lowest BCUT2D eigenvalue weighted by atomic mass is 9.81. The second-order valence-corrected chi connectivity index (χ2v) is 7.77. The van der Waals surface area contributed by atoms with Gasteiger partial charge in [0.25, 0.3) is 0 Å². The lowest BCUT2D eigenvalue weighted by molar-refractivity contribution is -0.268. The van der Waals surface area contributed by atoms with Crippen molar-refractivity contribution in [1.82, 2.24) is 0 Å². The van der Waals surface area contributed by atoms with E-state index in [2.05, 4.69) is 0 Å². The normalized spacial score (nSPS) is 27.0. The first-order valence-electron chi connectivity index (χ1n) is 9.80. The molecule has 5 atom stereocenters. The molecule has 2 aromatic rings. The Bertz CT molecular complexity index is 1120. The van der Waals surface area contributed by atoms with E-state index in [9.17, 15) is 35.1 Å². The summed E-state index contributed by atoms with van der Waals surface area (Å²) in [5, 5.41) is 50.7. The number of benzene rings is 2. The first kappa shape index (κ1) is 22.0. The van der Waals surface area contributed by atoms with Gasteiger partial charge in [0.05, 0.1) is 29.9 Å². The third-order valence-corrected chi connectivity index (χ3v) is 5.85. The molecule has 10 nitrogen and oxygen atoms in total. The Labute approximate surface area is 182 Å². The van der Waals surface area contributed by atoms with Gasteiger partial charge in [0.15, 0.2) is 5.78 Å². The number of methoxy groups -OCH3 is 1. The van der Waals surface area contributed by atoms with Crippen LogP contribution in [0.5, 0.6) is 23.0 Å². The van der Waals surface area contributed by atoms with E-state index in [-0.39, 0.29) is 45.1 Å². The fraction of sp³-hybridized carbons (Fsp3) is 0.364. The van der Waals surface area contributed by atoms with E-state index in [4.69, 9.17) is 14.2 Å². The number of aromatic hydroxyl groups is 2. The maximum Gasteiger partial charge on any atom is 0.229 e. The molecule has 170 valence electrons. The molecule has 1 aliphatic carbocycles. The van der Waals surface area contributed by atoms with Gasteiger partial charge in [-0.3, -0.25) is 9.59 Å². The Morgan fingerprint density at radius 2 is 1.53 bits per heavy atom. The molecule has 0 unspecified atom stereocenters. The number of phenolic OH excluding ortho intramolecular Hbond substituents is 2. The van der Waals surface area contributed by atoms with Gasteiger partial charge in [0.1, 0.15) is 41.3 Å². The number of hydrogen-bond donors (Lipinski definition) is 5. The smallest absolute Gasteiger partial charge is 0.229 e. The average molecular weight is 446 g/mol. The van der Waals surface area contributed by atoms with E-state index < -0.39 is 48.0 Å². The molecular formula is C22H22O10. The average Bonchev–Trinajstić information content (AvgIpc) is 2.77. The highest BCUT2D eigenvalue weighted by Gasteiger charge is 2.44. The zero-order valence-corrected chi connectivity index (χ0v) is 17.4. The van der Waals surface area contributed by atoms with Crippen LogP contribution in [0.3, 0.4) is 0 Å². The zero-order valence-electron chi connectivity index (χ0n) is 17.4. The largest absolute Gasteiger partial charge is 0.508 e. The number of carbonyl (C=O) groups excluding carboxylic acids is 2. The standard InChI is InChI=1S/C22H22O10/c1-7-10(23)6-9-13(16(7)24)19(27)15-12(5-4-11(30-3)14(15)18(9)26)32-22-21(29)20(28)17(25)8(2)31-22/h4-6,8,17,20-25,28-29H,1-3H3/t8-,17-,20-,21-,22+/m0/s1. The maximum absolute atomic E-state index is 13.4. The van der Waals surface area contributed by atoms with E-state index in [1.54, 1.807) is 0 Å². The van der Waals surface area contributed by atoms with Crippen molar-refractivity contribution in [3.63, 3.8) is 0 Å². The van der Waals surface area contributed by atoms with Crippen LogP contribution >= 0.6 is 0 Å². The predicted molar refractivity (Wildman–Crippen MR) is 107 cm³/mol. The molecule has 10 heteroatoms. The lowest BCUT2D eigenvalue weighted by Gasteiger charge is -2.39. The van der Waals surface area contributed by atoms with Crippen LogP contribution in [0.15, 0.2) is 18.2 Å². The number of fused-ring (bicyclic) bond motifs is 2. The summed E-state index contributed by atoms with van der Waals surface area (Å²) in [4.78, 5) is 26.6. The van der Waals surface area contributed by atoms with Crippen molar-refractivity contribution < 1.29 is 49.3 Å². The van der Waals surface area contributed by atoms with Crippen LogP contribution in [0.1, 0.15) is 44.3 Å². The first-order chi connectivity index (χ1) is 15.1. The summed E-state index contributed by atoms with van der Waals surface area (Å²) >= 11 is 0. The van der Waals surface area contributed by atoms with Gasteiger partial charge in [-0.15, -0.1) is 0 Å². The highest BCUT2D eigenvalue weighted by Crippen LogP contribution is 2.44. The SMILES string of the molecule is COc1ccc(O[C@H]2O[C@@H](C)[C@H](O)[C@H](O)[C@@H]2O)c2c1C(=O)c1cc(O)c(C)c(O)c1C2=O. The fourth-order valence-electron chi connectivity index (χ4n) is 3.94. The predicted octanol–water partition coefficient (Wildman–Crippen LogP) is 0.397. The van der Waals surface area contributed by atoms with Crippen LogP contribution in [-0.4, -0.2) is 74.9 Å². The summed E-state index contributed by atoms with van der Waals surface area (Å²) in [6.45, 7) is 2.86. The zero-order chi connectivity index (χ0) is 23.5. The Kier molecular flexibility index (Phi) is 5.33. The maximum atomic E-state index is 13.4. The minimum absolute atomic E-state index is 0.0238. The topological polar surface area (TPSA) is 163 Å². The van der Waals surface area contributed by atoms with Crippen LogP contribution in [0.4, 0.5) is 0 Å². The number of hydrogen-bond acceptors (Lipinski definition) is 10. The molecule has 5 N–H and O–H groups in total. The first-order valence-corrected chi connectivity index (χ1v) is 9.80. The van der Waals surface area contributed by atoms with Gasteiger partial charge < -0.3 is 39.7 Å². The molecule has 1 saturated heterocycles. The molecule has 0 amide bonds. The van der Waals surface area contributed by atoms with E-state index in [1.807, 2.05) is 0 Å². The van der Waals surface area contributed by atoms with Crippen LogP contribution in [0.25, 0.3) is 0 Å². The summed E-state index contributed by atoms with van der Waals surface area (Å²) < 4.78 is 16.3. The molecule has 1 heterocycles. The summed E-state index contributed by atoms with van der Waals surface area (Å²) in [6, 6.07) is 3.81. The Morgan fingerprint density at radius 1 is 0.906 bits per heavy atom. The number of aliphatic hydroxyl groups is 3. The van der Waals surface area contributed by atoms with Crippen molar-refractivity contribution in [3.8, 4) is 23.0 Å². The number of carbonyl (C=O) groups is 2. The van der Waals surface area contributed by atoms with Crippen molar-refractivity contribution in [1.29, 1.82) is 0 Å². The molecule has 0 spiro atoms. The summed E-state index contributed by atoms with van der Waals surface area (Å²) in [6.07, 6.45) is -6.91. The Morgan fingerprint density at radius 3 is 2.19 bits per heavy atom. The van der Waals surface area contributed by atoms with Gasteiger partial charge in [-0.25, -0.2) is 0 Å². The van der Waals surface area contributed by atoms with Gasteiger partial charge in [-0.05, 0) is 32.0 Å². The summed E-state index contributed by atoms with van der Waals surface area (Å²) in [5.41, 5.74) is -0.851. The van der Waals surface area contributed by atoms with Gasteiger partial charge >= 0.3 is 0 Å². The Balaban J connectivity index is 1.85. The molecule has 2 aliphatic rings. The second-order valence-electron chi connectivity index (χ2n) is 7.77. The number of aliphatic hydroxyl groups excluding tert-OH is 3. The molecule has 1 fully saturated rings. The van der Waals surface area contributed by atoms with E-state index in [0.717, 1.165) is 6.07 Å². The van der Waals surface area contributed by atoms with Gasteiger partial charge in [0, 0.05) is 11.1 Å². The van der Waals surface area contributed by atoms with Crippen molar-refractivity contribution in [2.75, 3.05) is 7.11 Å². The van der Waals surface area contributed by atoms with Crippen LogP contribution in [-0.2, 0) is 4.74 Å². The Hall–Kier alpha value is -3.18. The van der Waals surface area contributed by atoms with Gasteiger partial charge in [-0.1, -0.05) is 0 Å². The molecular weight excluding hydrogens is 424 g/mol. The van der Waals surface area contributed by atoms with Crippen LogP contribution in [0, 0.1) is 6.92 Å². The van der Waals surface area contributed by atoms with Crippen LogP contribution in [0.2, 0.25) is 0 Å². The number of ether oxygens (including phenoxy) is 3. The lowest BCUT2D eigenvalue weighted by Crippen LogP contribution is -2.58. The third-order valence-electron chi connectivity index (χ3n) is 5.85. The van der Waals surface area contributed by atoms with Crippen molar-refractivity contribution in [2.45, 2.75) is 44.6 Å². The quantitative estimate of drug-likeness (QED) is 0.380. The molecule has 4 rings (SSSR count). The van der Waals surface area contributed by atoms with E-state index in [1.165, 1.54) is 33.1 Å². The van der Waals surface area contributed by atoms with Crippen molar-refractivity contribution in [3.05, 3.63) is 46.0 Å². The molecule has 0 aromatic heterocycles. The monoisotopic (exact) mass is 446 g/mol. The number of phenols is 2. The highest BCUT2D eigenvalue weighted by molar-refractivity contribution is 6.31. The van der Waals surface area contributed by atoms with Gasteiger partial charge in [-0.2, -0.15) is 0 Å². The van der Waals surface area contributed by atoms with Crippen LogP contribution < -0.4 is 9.47 Å². The highest BCUT2D eigenvalue weighted by atomic mass is 16.7. The fourth-order valence-corrected chi connectivity index (χ4v) is 3.94. The molecule has 0 bridgehead atoms. The van der Waals surface area contributed by atoms with E-state index in [0.29, 0.717) is 0 Å². The second kappa shape index (κ2) is 7.75. The molecule has 2 aromatic carbocycles. The molecule has 0 radical (unpaired) electrons. The molecule has 0 saturated carbocycles. The molecule has 1 aliphatic heterocycles. The minimum Gasteiger partial charge on any atom is -0.508 e. The summed E-state index contributed by atoms with van der Waals surface area (Å²) in [5.74, 6) is -2.43. The van der Waals surface area contributed by atoms with Crippen molar-refractivity contribution >= 4 is 11.6 Å². The third kappa shape index (κ3) is 3.11. The number of ketones is 2. The minimum atomic E-state index is -1.65. The van der Waals surface area contributed by atoms with E-state index >= 15 is 0 Å². The summed E-state index contributed by atoms with van der Waals surface area (Å²) in [7, 11) is 1.31. The van der Waals surface area contributed by atoms with Gasteiger partial charge in [0.2, 0.25) is 12.1 Å². The number of rotatable bonds is 3. The molecule has 32 heavy (non-hydrogen) atoms. The van der Waals surface area contributed by atoms with Crippen molar-refractivity contribution in [2.24, 2.45) is 0 Å².